The highest BCUT2D eigenvalue weighted by Crippen LogP contribution is 2.42. The summed E-state index contributed by atoms with van der Waals surface area (Å²) in [6.45, 7) is 0.589. The number of fused-ring (bicyclic) bond motifs is 3. The fourth-order valence-corrected chi connectivity index (χ4v) is 4.85. The number of rotatable bonds is 5. The van der Waals surface area contributed by atoms with Crippen molar-refractivity contribution in [2.45, 2.75) is 37.4 Å². The van der Waals surface area contributed by atoms with Crippen molar-refractivity contribution < 1.29 is 28.1 Å². The van der Waals surface area contributed by atoms with Gasteiger partial charge in [-0.1, -0.05) is 12.1 Å². The number of halogens is 1. The first-order valence-corrected chi connectivity index (χ1v) is 11.3. The Morgan fingerprint density at radius 3 is 2.89 bits per heavy atom. The minimum atomic E-state index is -1.24. The lowest BCUT2D eigenvalue weighted by molar-refractivity contribution is -0.159. The second-order valence-electron chi connectivity index (χ2n) is 8.96. The lowest BCUT2D eigenvalue weighted by atomic mass is 9.84. The number of hydrogen-bond donors (Lipinski definition) is 1. The number of hydrogen-bond acceptors (Lipinski definition) is 7. The first-order chi connectivity index (χ1) is 17.0. The molecule has 2 bridgehead atoms. The number of aromatic nitrogens is 1. The highest BCUT2D eigenvalue weighted by atomic mass is 19.1. The van der Waals surface area contributed by atoms with E-state index in [9.17, 15) is 14.8 Å². The van der Waals surface area contributed by atoms with Gasteiger partial charge in [0.25, 0.3) is 0 Å². The topological polar surface area (TPSA) is 97.7 Å². The van der Waals surface area contributed by atoms with Crippen molar-refractivity contribution in [2.75, 3.05) is 6.61 Å². The second-order valence-corrected chi connectivity index (χ2v) is 8.96. The number of nitrogens with zero attached hydrogens (tertiary/aromatic N) is 2. The van der Waals surface area contributed by atoms with Crippen molar-refractivity contribution >= 4 is 10.9 Å². The van der Waals surface area contributed by atoms with Crippen LogP contribution in [0.25, 0.3) is 22.0 Å². The van der Waals surface area contributed by atoms with Crippen molar-refractivity contribution in [2.24, 2.45) is 0 Å². The number of furan rings is 1. The summed E-state index contributed by atoms with van der Waals surface area (Å²) in [6.07, 6.45) is 3.09. The first kappa shape index (κ1) is 21.7. The SMILES string of the molecule is N#Cc1cc(-c2ccoc2)c2ccc(COc3cc(F)cc([C@]4(O)C[C@H]5CO[C@@H](C4)O5)c3)cc2n1. The molecule has 7 nitrogen and oxygen atoms in total. The Balaban J connectivity index is 1.26. The van der Waals surface area contributed by atoms with E-state index in [0.29, 0.717) is 35.6 Å². The third-order valence-electron chi connectivity index (χ3n) is 6.52. The molecule has 2 aliphatic heterocycles. The van der Waals surface area contributed by atoms with Crippen LogP contribution >= 0.6 is 0 Å². The van der Waals surface area contributed by atoms with Crippen molar-refractivity contribution in [3.63, 3.8) is 0 Å². The largest absolute Gasteiger partial charge is 0.489 e. The van der Waals surface area contributed by atoms with E-state index in [1.165, 1.54) is 12.1 Å². The van der Waals surface area contributed by atoms with Crippen molar-refractivity contribution in [1.29, 1.82) is 5.26 Å². The summed E-state index contributed by atoms with van der Waals surface area (Å²) in [5.41, 5.74) is 2.66. The van der Waals surface area contributed by atoms with Gasteiger partial charge in [-0.25, -0.2) is 9.37 Å². The van der Waals surface area contributed by atoms with E-state index in [1.54, 1.807) is 24.7 Å². The molecule has 2 aromatic heterocycles. The Bertz CT molecular complexity index is 1430. The van der Waals surface area contributed by atoms with Gasteiger partial charge >= 0.3 is 0 Å². The quantitative estimate of drug-likeness (QED) is 0.445. The molecule has 0 spiro atoms. The number of pyridine rings is 1. The van der Waals surface area contributed by atoms with Crippen molar-refractivity contribution in [3.8, 4) is 22.9 Å². The molecule has 4 aromatic rings. The van der Waals surface area contributed by atoms with Crippen LogP contribution in [0.2, 0.25) is 0 Å². The van der Waals surface area contributed by atoms with Gasteiger partial charge in [-0.2, -0.15) is 5.26 Å². The average molecular weight is 472 g/mol. The molecule has 2 fully saturated rings. The molecule has 0 saturated carbocycles. The fraction of sp³-hybridized carbons (Fsp3) is 0.259. The molecule has 2 saturated heterocycles. The van der Waals surface area contributed by atoms with Gasteiger partial charge in [0.05, 0.1) is 36.4 Å². The van der Waals surface area contributed by atoms with Gasteiger partial charge in [0, 0.05) is 29.9 Å². The monoisotopic (exact) mass is 472 g/mol. The van der Waals surface area contributed by atoms with Gasteiger partial charge in [0.15, 0.2) is 6.29 Å². The maximum Gasteiger partial charge on any atom is 0.161 e. The highest BCUT2D eigenvalue weighted by Gasteiger charge is 2.46. The van der Waals surface area contributed by atoms with E-state index in [-0.39, 0.29) is 19.1 Å². The van der Waals surface area contributed by atoms with Crippen molar-refractivity contribution in [3.05, 3.63) is 83.7 Å². The molecule has 0 unspecified atom stereocenters. The Hall–Kier alpha value is -3.77. The fourth-order valence-electron chi connectivity index (χ4n) is 4.85. The van der Waals surface area contributed by atoms with Crippen LogP contribution in [0.3, 0.4) is 0 Å². The van der Waals surface area contributed by atoms with Crippen LogP contribution in [0.15, 0.2) is 65.5 Å². The first-order valence-electron chi connectivity index (χ1n) is 11.3. The normalized spacial score (nSPS) is 23.3. The van der Waals surface area contributed by atoms with E-state index >= 15 is 0 Å². The molecule has 3 atom stereocenters. The molecule has 0 aliphatic carbocycles. The van der Waals surface area contributed by atoms with Gasteiger partial charge in [-0.05, 0) is 47.0 Å². The highest BCUT2D eigenvalue weighted by molar-refractivity contribution is 5.95. The predicted octanol–water partition coefficient (Wildman–Crippen LogP) is 4.81. The molecule has 176 valence electrons. The van der Waals surface area contributed by atoms with Crippen LogP contribution in [-0.2, 0) is 21.7 Å². The molecule has 0 amide bonds. The molecule has 8 heteroatoms. The Morgan fingerprint density at radius 1 is 1.17 bits per heavy atom. The van der Waals surface area contributed by atoms with E-state index in [2.05, 4.69) is 11.1 Å². The van der Waals surface area contributed by atoms with Crippen LogP contribution < -0.4 is 4.74 Å². The Labute approximate surface area is 200 Å². The summed E-state index contributed by atoms with van der Waals surface area (Å²) >= 11 is 0. The lowest BCUT2D eigenvalue weighted by Crippen LogP contribution is -2.39. The molecule has 2 aliphatic rings. The second kappa shape index (κ2) is 8.47. The van der Waals surface area contributed by atoms with Gasteiger partial charge in [0.1, 0.15) is 29.9 Å². The van der Waals surface area contributed by atoms with Crippen LogP contribution in [0.5, 0.6) is 5.75 Å². The third kappa shape index (κ3) is 4.15. The Morgan fingerprint density at radius 2 is 2.09 bits per heavy atom. The minimum absolute atomic E-state index is 0.161. The summed E-state index contributed by atoms with van der Waals surface area (Å²) in [6, 6.07) is 15.6. The lowest BCUT2D eigenvalue weighted by Gasteiger charge is -2.35. The number of aliphatic hydroxyl groups is 1. The minimum Gasteiger partial charge on any atom is -0.489 e. The maximum atomic E-state index is 14.5. The van der Waals surface area contributed by atoms with Gasteiger partial charge in [-0.15, -0.1) is 0 Å². The molecule has 1 N–H and O–H groups in total. The van der Waals surface area contributed by atoms with Crippen LogP contribution in [0.1, 0.15) is 29.7 Å². The molecule has 2 aromatic carbocycles. The smallest absolute Gasteiger partial charge is 0.161 e. The Kier molecular flexibility index (Phi) is 5.26. The van der Waals surface area contributed by atoms with E-state index in [1.807, 2.05) is 24.3 Å². The van der Waals surface area contributed by atoms with E-state index < -0.39 is 17.7 Å². The number of benzene rings is 2. The third-order valence-corrected chi connectivity index (χ3v) is 6.52. The van der Waals surface area contributed by atoms with Gasteiger partial charge < -0.3 is 23.7 Å². The van der Waals surface area contributed by atoms with Crippen LogP contribution in [-0.4, -0.2) is 29.1 Å². The van der Waals surface area contributed by atoms with Gasteiger partial charge in [-0.3, -0.25) is 0 Å². The zero-order chi connectivity index (χ0) is 24.0. The molecule has 35 heavy (non-hydrogen) atoms. The maximum absolute atomic E-state index is 14.5. The summed E-state index contributed by atoms with van der Waals surface area (Å²) in [7, 11) is 0. The zero-order valence-corrected chi connectivity index (χ0v) is 18.6. The average Bonchev–Trinajstić information content (AvgIpc) is 3.51. The van der Waals surface area contributed by atoms with E-state index in [4.69, 9.17) is 18.6 Å². The molecule has 0 radical (unpaired) electrons. The molecular formula is C27H21FN2O5. The summed E-state index contributed by atoms with van der Waals surface area (Å²) in [5.74, 6) is -0.180. The molecular weight excluding hydrogens is 451 g/mol. The summed E-state index contributed by atoms with van der Waals surface area (Å²) < 4.78 is 36.7. The number of nitriles is 1. The number of ether oxygens (including phenoxy) is 3. The standard InChI is InChI=1S/C27H21FN2O5/c28-19-6-18(27(31)10-22-15-34-26(11-27)35-22)7-21(8-19)33-13-16-1-2-23-24(17-3-4-32-14-17)9-20(12-29)30-25(23)5-16/h1-9,14,22,26,31H,10-11,13,15H2/t22-,26+,27-/m0/s1. The molecule has 4 heterocycles. The summed E-state index contributed by atoms with van der Waals surface area (Å²) in [4.78, 5) is 4.43. The van der Waals surface area contributed by atoms with E-state index in [0.717, 1.165) is 22.1 Å². The predicted molar refractivity (Wildman–Crippen MR) is 123 cm³/mol. The zero-order valence-electron chi connectivity index (χ0n) is 18.6. The van der Waals surface area contributed by atoms with Crippen molar-refractivity contribution in [1.82, 2.24) is 4.98 Å². The molecule has 6 rings (SSSR count). The summed E-state index contributed by atoms with van der Waals surface area (Å²) in [5, 5.41) is 21.5. The van der Waals surface area contributed by atoms with Crippen LogP contribution in [0, 0.1) is 17.1 Å². The van der Waals surface area contributed by atoms with Crippen LogP contribution in [0.4, 0.5) is 4.39 Å². The van der Waals surface area contributed by atoms with Gasteiger partial charge in [0.2, 0.25) is 0 Å².